The fraction of sp³-hybridized carbons (Fsp3) is 0.545. The number of nitrogens with zero attached hydrogens (tertiary/aromatic N) is 4. The van der Waals surface area contributed by atoms with Crippen molar-refractivity contribution in [3.63, 3.8) is 0 Å². The maximum atomic E-state index is 11.9. The van der Waals surface area contributed by atoms with Gasteiger partial charge in [-0.2, -0.15) is 21.3 Å². The molecule has 32 heavy (non-hydrogen) atoms. The van der Waals surface area contributed by atoms with Crippen LogP contribution in [-0.2, 0) is 31.6 Å². The first-order chi connectivity index (χ1) is 14.6. The summed E-state index contributed by atoms with van der Waals surface area (Å²) in [5.74, 6) is 0.458. The molecule has 21 heteroatoms. The minimum absolute atomic E-state index is 0.115. The quantitative estimate of drug-likeness (QED) is 0.167. The molecule has 7 N–H and O–H groups in total. The van der Waals surface area contributed by atoms with Crippen molar-refractivity contribution in [1.29, 1.82) is 0 Å². The molecule has 0 amide bonds. The number of nitrogens with two attached hydrogens (primary N) is 1. The van der Waals surface area contributed by atoms with E-state index in [-0.39, 0.29) is 17.0 Å². The second-order valence-electron chi connectivity index (χ2n) is 6.41. The minimum Gasteiger partial charge on any atom is -0.389 e. The Balaban J connectivity index is 1.72. The van der Waals surface area contributed by atoms with Gasteiger partial charge in [-0.05, 0) is 6.92 Å². The smallest absolute Gasteiger partial charge is 0.389 e. The maximum Gasteiger partial charge on any atom is 0.490 e. The van der Waals surface area contributed by atoms with Crippen molar-refractivity contribution in [2.45, 2.75) is 30.6 Å². The molecule has 2 aromatic rings. The fourth-order valence-electron chi connectivity index (χ4n) is 2.81. The van der Waals surface area contributed by atoms with Gasteiger partial charge in [0.2, 0.25) is 0 Å². The zero-order valence-electron chi connectivity index (χ0n) is 15.8. The molecule has 0 saturated carbocycles. The van der Waals surface area contributed by atoms with Gasteiger partial charge in [-0.15, -0.1) is 0 Å². The normalized spacial score (nSPS) is 28.0. The van der Waals surface area contributed by atoms with Gasteiger partial charge in [-0.1, -0.05) is 0 Å². The molecule has 2 aromatic heterocycles. The summed E-state index contributed by atoms with van der Waals surface area (Å²) in [5, 5.41) is 9.47. The van der Waals surface area contributed by atoms with E-state index in [1.165, 1.54) is 10.9 Å². The summed E-state index contributed by atoms with van der Waals surface area (Å²) in [5.41, 5.74) is 6.36. The Morgan fingerprint density at radius 1 is 1.19 bits per heavy atom. The summed E-state index contributed by atoms with van der Waals surface area (Å²) < 4.78 is 52.7. The van der Waals surface area contributed by atoms with Gasteiger partial charge in [0.05, 0.1) is 24.3 Å². The van der Waals surface area contributed by atoms with Crippen molar-refractivity contribution in [3.05, 3.63) is 12.2 Å². The Morgan fingerprint density at radius 2 is 1.84 bits per heavy atom. The topological polar surface area (TPSA) is 259 Å². The highest BCUT2D eigenvalue weighted by atomic mass is 32.1. The van der Waals surface area contributed by atoms with E-state index in [1.54, 1.807) is 6.92 Å². The van der Waals surface area contributed by atoms with Crippen molar-refractivity contribution < 1.29 is 56.3 Å². The Labute approximate surface area is 184 Å². The number of imidazole rings is 1. The van der Waals surface area contributed by atoms with Crippen LogP contribution >= 0.6 is 36.1 Å². The van der Waals surface area contributed by atoms with Crippen molar-refractivity contribution >= 4 is 53.1 Å². The van der Waals surface area contributed by atoms with E-state index in [0.29, 0.717) is 5.82 Å². The molecule has 0 spiro atoms. The van der Waals surface area contributed by atoms with E-state index in [4.69, 9.17) is 25.2 Å². The van der Waals surface area contributed by atoms with Crippen molar-refractivity contribution in [2.75, 3.05) is 12.3 Å². The van der Waals surface area contributed by atoms with Crippen LogP contribution in [0.25, 0.3) is 11.2 Å². The third-order valence-electron chi connectivity index (χ3n) is 3.99. The van der Waals surface area contributed by atoms with E-state index in [9.17, 15) is 23.7 Å². The van der Waals surface area contributed by atoms with Crippen LogP contribution in [0, 0.1) is 6.92 Å². The predicted octanol–water partition coefficient (Wildman–Crippen LogP) is -0.383. The number of aromatic nitrogens is 4. The van der Waals surface area contributed by atoms with Gasteiger partial charge >= 0.3 is 23.5 Å². The van der Waals surface area contributed by atoms with Crippen LogP contribution in [0.15, 0.2) is 6.33 Å². The van der Waals surface area contributed by atoms with E-state index >= 15 is 0 Å². The lowest BCUT2D eigenvalue weighted by molar-refractivity contribution is -0.0421. The zero-order chi connectivity index (χ0) is 24.1. The summed E-state index contributed by atoms with van der Waals surface area (Å²) in [6.07, 6.45) is -2.32. The number of aliphatic hydroxyl groups is 1. The molecule has 3 heterocycles. The molecule has 1 aliphatic rings. The summed E-state index contributed by atoms with van der Waals surface area (Å²) in [6, 6.07) is 0. The van der Waals surface area contributed by atoms with Crippen LogP contribution in [-0.4, -0.2) is 68.3 Å². The van der Waals surface area contributed by atoms with E-state index in [1.807, 2.05) is 0 Å². The summed E-state index contributed by atoms with van der Waals surface area (Å²) in [4.78, 5) is 48.1. The Hall–Kier alpha value is -0.970. The maximum absolute atomic E-state index is 11.9. The first-order valence-electron chi connectivity index (χ1n) is 8.35. The Kier molecular flexibility index (Phi) is 7.21. The molecule has 2 unspecified atom stereocenters. The highest BCUT2D eigenvalue weighted by Gasteiger charge is 2.46. The van der Waals surface area contributed by atoms with Crippen molar-refractivity contribution in [2.24, 2.45) is 0 Å². The molecule has 0 bridgehead atoms. The SMILES string of the molecule is Cc1nc(N)c2ncn([C@@H]3O[C@H](COP(=O)(O)OP(=O)(O)OP(=O)(O)O)[C@@H](O)[C@H]3S)c2n1. The molecular weight excluding hydrogens is 519 g/mol. The third kappa shape index (κ3) is 5.93. The van der Waals surface area contributed by atoms with E-state index < -0.39 is 53.8 Å². The van der Waals surface area contributed by atoms with Crippen LogP contribution in [0.4, 0.5) is 5.82 Å². The molecule has 1 fully saturated rings. The van der Waals surface area contributed by atoms with Gasteiger partial charge in [0.1, 0.15) is 17.4 Å². The molecule has 1 saturated heterocycles. The van der Waals surface area contributed by atoms with Gasteiger partial charge < -0.3 is 35.2 Å². The van der Waals surface area contributed by atoms with Crippen LogP contribution < -0.4 is 5.73 Å². The summed E-state index contributed by atoms with van der Waals surface area (Å²) in [7, 11) is -16.6. The number of anilines is 1. The fourth-order valence-corrected chi connectivity index (χ4v) is 6.24. The van der Waals surface area contributed by atoms with Crippen LogP contribution in [0.5, 0.6) is 0 Å². The highest BCUT2D eigenvalue weighted by Crippen LogP contribution is 2.66. The number of fused-ring (bicyclic) bond motifs is 1. The van der Waals surface area contributed by atoms with E-state index in [2.05, 4.69) is 40.7 Å². The number of hydrogen-bond donors (Lipinski definition) is 7. The monoisotopic (exact) mass is 537 g/mol. The number of phosphoric ester groups is 1. The number of aryl methyl sites for hydroxylation is 1. The van der Waals surface area contributed by atoms with Gasteiger partial charge in [-0.3, -0.25) is 9.09 Å². The molecule has 180 valence electrons. The lowest BCUT2D eigenvalue weighted by Gasteiger charge is -2.19. The lowest BCUT2D eigenvalue weighted by Crippen LogP contribution is -2.30. The predicted molar refractivity (Wildman–Crippen MR) is 107 cm³/mol. The number of thiol groups is 1. The number of ether oxygens (including phenoxy) is 1. The highest BCUT2D eigenvalue weighted by molar-refractivity contribution is 7.81. The molecule has 17 nitrogen and oxygen atoms in total. The largest absolute Gasteiger partial charge is 0.490 e. The summed E-state index contributed by atoms with van der Waals surface area (Å²) in [6.45, 7) is 0.752. The van der Waals surface area contributed by atoms with Crippen molar-refractivity contribution in [1.82, 2.24) is 19.5 Å². The molecule has 3 rings (SSSR count). The molecule has 1 aliphatic heterocycles. The molecular formula is C11H18N5O12P3S. The Morgan fingerprint density at radius 3 is 2.47 bits per heavy atom. The lowest BCUT2D eigenvalue weighted by atomic mass is 10.2. The standard InChI is InChI=1S/C11H18N5O12P3S/c1-4-14-9(12)6-10(15-4)16(3-13-6)11-8(32)7(17)5(26-11)2-25-30(21,22)28-31(23,24)27-29(18,19)20/h3,5,7-8,11,17,32H,2H2,1H3,(H,21,22)(H,23,24)(H2,12,14,15)(H2,18,19,20)/t5-,7-,8-,11-/m1/s1. The third-order valence-corrected chi connectivity index (χ3v) is 8.35. The van der Waals surface area contributed by atoms with Gasteiger partial charge in [-0.25, -0.2) is 28.6 Å². The van der Waals surface area contributed by atoms with Crippen LogP contribution in [0.1, 0.15) is 12.1 Å². The first-order valence-corrected chi connectivity index (χ1v) is 13.4. The van der Waals surface area contributed by atoms with E-state index in [0.717, 1.165) is 0 Å². The zero-order valence-corrected chi connectivity index (χ0v) is 19.4. The number of hydrogen-bond acceptors (Lipinski definition) is 13. The average Bonchev–Trinajstić information content (AvgIpc) is 3.12. The number of phosphoric acid groups is 3. The Bertz CT molecular complexity index is 1160. The number of rotatable bonds is 8. The van der Waals surface area contributed by atoms with Gasteiger partial charge in [0.25, 0.3) is 0 Å². The minimum atomic E-state index is -5.67. The van der Waals surface area contributed by atoms with Crippen LogP contribution in [0.3, 0.4) is 0 Å². The first kappa shape index (κ1) is 25.6. The average molecular weight is 537 g/mol. The molecule has 0 radical (unpaired) electrons. The molecule has 6 atom stereocenters. The molecule has 0 aromatic carbocycles. The summed E-state index contributed by atoms with van der Waals surface area (Å²) >= 11 is 4.28. The van der Waals surface area contributed by atoms with Crippen molar-refractivity contribution in [3.8, 4) is 0 Å². The number of nitrogen functional groups attached to an aromatic ring is 1. The number of aliphatic hydroxyl groups excluding tert-OH is 1. The van der Waals surface area contributed by atoms with Crippen LogP contribution in [0.2, 0.25) is 0 Å². The second-order valence-corrected chi connectivity index (χ2v) is 11.4. The molecule has 0 aliphatic carbocycles. The second kappa shape index (κ2) is 9.00. The van der Waals surface area contributed by atoms with Gasteiger partial charge in [0, 0.05) is 0 Å². The van der Waals surface area contributed by atoms with Gasteiger partial charge in [0.15, 0.2) is 17.7 Å².